The van der Waals surface area contributed by atoms with Crippen molar-refractivity contribution in [3.8, 4) is 0 Å². The van der Waals surface area contributed by atoms with Crippen LogP contribution in [0.1, 0.15) is 62.1 Å². The largest absolute Gasteiger partial charge is 0.361 e. The molecular formula is C19H24N2O2. The molecule has 0 aliphatic carbocycles. The van der Waals surface area contributed by atoms with Crippen LogP contribution >= 0.6 is 0 Å². The van der Waals surface area contributed by atoms with Gasteiger partial charge in [-0.2, -0.15) is 0 Å². The number of nitrogens with zero attached hydrogens (tertiary/aromatic N) is 2. The van der Waals surface area contributed by atoms with Crippen LogP contribution in [0.4, 0.5) is 0 Å². The van der Waals surface area contributed by atoms with Gasteiger partial charge < -0.3 is 9.42 Å². The molecular weight excluding hydrogens is 288 g/mol. The van der Waals surface area contributed by atoms with E-state index in [1.54, 1.807) is 0 Å². The summed E-state index contributed by atoms with van der Waals surface area (Å²) in [7, 11) is 0. The van der Waals surface area contributed by atoms with Gasteiger partial charge in [-0.3, -0.25) is 4.79 Å². The van der Waals surface area contributed by atoms with Crippen molar-refractivity contribution in [2.24, 2.45) is 0 Å². The summed E-state index contributed by atoms with van der Waals surface area (Å²) in [6.45, 7) is 4.99. The van der Waals surface area contributed by atoms with Crippen LogP contribution in [-0.4, -0.2) is 22.5 Å². The minimum atomic E-state index is 0.0783. The first-order chi connectivity index (χ1) is 11.1. The third-order valence-corrected chi connectivity index (χ3v) is 4.50. The maximum atomic E-state index is 12.6. The predicted octanol–water partition coefficient (Wildman–Crippen LogP) is 4.09. The lowest BCUT2D eigenvalue weighted by molar-refractivity contribution is -0.132. The summed E-state index contributed by atoms with van der Waals surface area (Å²) >= 11 is 0. The Hall–Kier alpha value is -2.10. The molecule has 0 radical (unpaired) electrons. The van der Waals surface area contributed by atoms with E-state index in [0.717, 1.165) is 37.3 Å². The molecule has 2 aromatic rings. The van der Waals surface area contributed by atoms with Gasteiger partial charge in [0.15, 0.2) is 0 Å². The predicted molar refractivity (Wildman–Crippen MR) is 89.0 cm³/mol. The number of likely N-dealkylation sites (tertiary alicyclic amines) is 1. The zero-order valence-electron chi connectivity index (χ0n) is 13.9. The lowest BCUT2D eigenvalue weighted by Gasteiger charge is -2.23. The monoisotopic (exact) mass is 312 g/mol. The van der Waals surface area contributed by atoms with E-state index in [4.69, 9.17) is 4.52 Å². The van der Waals surface area contributed by atoms with E-state index >= 15 is 0 Å². The van der Waals surface area contributed by atoms with Gasteiger partial charge in [0.05, 0.1) is 6.04 Å². The second kappa shape index (κ2) is 6.99. The molecule has 1 aliphatic heterocycles. The molecule has 0 N–H and O–H groups in total. The zero-order chi connectivity index (χ0) is 16.2. The lowest BCUT2D eigenvalue weighted by Crippen LogP contribution is -2.30. The van der Waals surface area contributed by atoms with Crippen molar-refractivity contribution in [1.29, 1.82) is 0 Å². The molecule has 23 heavy (non-hydrogen) atoms. The first kappa shape index (κ1) is 15.8. The van der Waals surface area contributed by atoms with Gasteiger partial charge in [-0.15, -0.1) is 0 Å². The fourth-order valence-corrected chi connectivity index (χ4v) is 3.15. The summed E-state index contributed by atoms with van der Waals surface area (Å²) in [4.78, 5) is 14.6. The lowest BCUT2D eigenvalue weighted by atomic mass is 10.1. The molecule has 4 heteroatoms. The van der Waals surface area contributed by atoms with Crippen LogP contribution in [0.25, 0.3) is 0 Å². The Morgan fingerprint density at radius 3 is 2.83 bits per heavy atom. The molecule has 0 bridgehead atoms. The summed E-state index contributed by atoms with van der Waals surface area (Å²) in [5.41, 5.74) is 2.11. The van der Waals surface area contributed by atoms with Crippen molar-refractivity contribution in [1.82, 2.24) is 10.1 Å². The van der Waals surface area contributed by atoms with Crippen LogP contribution in [0.2, 0.25) is 0 Å². The van der Waals surface area contributed by atoms with E-state index in [1.807, 2.05) is 29.2 Å². The Morgan fingerprint density at radius 2 is 2.13 bits per heavy atom. The van der Waals surface area contributed by atoms with Gasteiger partial charge in [-0.25, -0.2) is 0 Å². The quantitative estimate of drug-likeness (QED) is 0.835. The molecule has 1 aromatic heterocycles. The fraction of sp³-hybridized carbons (Fsp3) is 0.474. The van der Waals surface area contributed by atoms with Crippen LogP contribution in [0.5, 0.6) is 0 Å². The summed E-state index contributed by atoms with van der Waals surface area (Å²) in [5, 5.41) is 4.20. The van der Waals surface area contributed by atoms with Crippen molar-refractivity contribution >= 4 is 5.91 Å². The molecule has 1 atom stereocenters. The van der Waals surface area contributed by atoms with Gasteiger partial charge in [-0.1, -0.05) is 49.3 Å². The first-order valence-corrected chi connectivity index (χ1v) is 8.45. The number of aryl methyl sites for hydroxylation is 1. The molecule has 1 aliphatic rings. The van der Waals surface area contributed by atoms with Gasteiger partial charge >= 0.3 is 0 Å². The van der Waals surface area contributed by atoms with Crippen molar-refractivity contribution in [3.05, 3.63) is 53.4 Å². The van der Waals surface area contributed by atoms with E-state index < -0.39 is 0 Å². The summed E-state index contributed by atoms with van der Waals surface area (Å²) in [6.07, 6.45) is 3.35. The average molecular weight is 312 g/mol. The van der Waals surface area contributed by atoms with Crippen LogP contribution < -0.4 is 0 Å². The number of aromatic nitrogens is 1. The normalized spacial score (nSPS) is 17.9. The van der Waals surface area contributed by atoms with E-state index in [0.29, 0.717) is 12.3 Å². The fourth-order valence-electron chi connectivity index (χ4n) is 3.15. The molecule has 1 amide bonds. The van der Waals surface area contributed by atoms with Crippen molar-refractivity contribution in [3.63, 3.8) is 0 Å². The average Bonchev–Trinajstić information content (AvgIpc) is 3.22. The number of hydrogen-bond donors (Lipinski definition) is 0. The third kappa shape index (κ3) is 3.63. The Morgan fingerprint density at radius 1 is 1.35 bits per heavy atom. The third-order valence-electron chi connectivity index (χ3n) is 4.50. The first-order valence-electron chi connectivity index (χ1n) is 8.45. The molecule has 122 valence electrons. The summed E-state index contributed by atoms with van der Waals surface area (Å²) in [6, 6.07) is 12.3. The van der Waals surface area contributed by atoms with Crippen molar-refractivity contribution in [2.75, 3.05) is 6.54 Å². The van der Waals surface area contributed by atoms with Gasteiger partial charge in [0.2, 0.25) is 5.91 Å². The molecule has 4 nitrogen and oxygen atoms in total. The Labute approximate surface area is 137 Å². The van der Waals surface area contributed by atoms with E-state index in [9.17, 15) is 4.79 Å². The molecule has 2 heterocycles. The summed E-state index contributed by atoms with van der Waals surface area (Å²) < 4.78 is 5.41. The van der Waals surface area contributed by atoms with Gasteiger partial charge in [0.1, 0.15) is 11.5 Å². The van der Waals surface area contributed by atoms with Gasteiger partial charge in [0, 0.05) is 24.9 Å². The second-order valence-electron chi connectivity index (χ2n) is 6.54. The Bertz CT molecular complexity index is 648. The van der Waals surface area contributed by atoms with Crippen LogP contribution in [0.3, 0.4) is 0 Å². The molecule has 0 spiro atoms. The van der Waals surface area contributed by atoms with Gasteiger partial charge in [-0.05, 0) is 24.8 Å². The molecule has 1 aromatic carbocycles. The van der Waals surface area contributed by atoms with E-state index in [1.165, 1.54) is 5.56 Å². The molecule has 0 saturated carbocycles. The van der Waals surface area contributed by atoms with Crippen LogP contribution in [0.15, 0.2) is 40.9 Å². The molecule has 1 saturated heterocycles. The highest BCUT2D eigenvalue weighted by Gasteiger charge is 2.32. The van der Waals surface area contributed by atoms with E-state index in [-0.39, 0.29) is 11.9 Å². The van der Waals surface area contributed by atoms with Crippen molar-refractivity contribution < 1.29 is 9.32 Å². The van der Waals surface area contributed by atoms with Crippen molar-refractivity contribution in [2.45, 2.75) is 51.5 Å². The minimum absolute atomic E-state index is 0.0783. The number of amides is 1. The van der Waals surface area contributed by atoms with Crippen LogP contribution in [0, 0.1) is 0 Å². The topological polar surface area (TPSA) is 46.3 Å². The number of hydrogen-bond acceptors (Lipinski definition) is 3. The van der Waals surface area contributed by atoms with Crippen LogP contribution in [-0.2, 0) is 11.2 Å². The highest BCUT2D eigenvalue weighted by molar-refractivity contribution is 5.77. The number of benzene rings is 1. The Balaban J connectivity index is 1.64. The van der Waals surface area contributed by atoms with E-state index in [2.05, 4.69) is 31.1 Å². The standard InChI is InChI=1S/C19H24N2O2/c1-14(2)18-13-16(20-23-18)17-9-6-12-21(17)19(22)11-10-15-7-4-3-5-8-15/h3-5,7-8,13-14,17H,6,9-12H2,1-2H3/t17-/m1/s1. The number of carbonyl (C=O) groups excluding carboxylic acids is 1. The highest BCUT2D eigenvalue weighted by atomic mass is 16.5. The molecule has 1 fully saturated rings. The highest BCUT2D eigenvalue weighted by Crippen LogP contribution is 2.33. The molecule has 0 unspecified atom stereocenters. The SMILES string of the molecule is CC(C)c1cc([C@H]2CCCN2C(=O)CCc2ccccc2)no1. The number of carbonyl (C=O) groups is 1. The minimum Gasteiger partial charge on any atom is -0.361 e. The number of rotatable bonds is 5. The Kier molecular flexibility index (Phi) is 4.79. The summed E-state index contributed by atoms with van der Waals surface area (Å²) in [5.74, 6) is 1.42. The maximum Gasteiger partial charge on any atom is 0.223 e. The van der Waals surface area contributed by atoms with Gasteiger partial charge in [0.25, 0.3) is 0 Å². The maximum absolute atomic E-state index is 12.6. The zero-order valence-corrected chi connectivity index (χ0v) is 13.9. The smallest absolute Gasteiger partial charge is 0.223 e. The molecule has 3 rings (SSSR count). The second-order valence-corrected chi connectivity index (χ2v) is 6.54.